The average Bonchev–Trinajstić information content (AvgIpc) is 2.64. The minimum absolute atomic E-state index is 0.392. The molecule has 0 radical (unpaired) electrons. The summed E-state index contributed by atoms with van der Waals surface area (Å²) in [6.45, 7) is 3.66. The molecule has 4 nitrogen and oxygen atoms in total. The number of fused-ring (bicyclic) bond motifs is 3. The zero-order chi connectivity index (χ0) is 19.7. The second kappa shape index (κ2) is 7.27. The van der Waals surface area contributed by atoms with Crippen molar-refractivity contribution in [2.24, 2.45) is 10.4 Å². The van der Waals surface area contributed by atoms with E-state index in [1.54, 1.807) is 24.3 Å². The van der Waals surface area contributed by atoms with Crippen LogP contribution in [0.15, 0.2) is 29.3 Å². The average molecular weight is 396 g/mol. The van der Waals surface area contributed by atoms with E-state index in [-0.39, 0.29) is 0 Å². The number of hydrogen-bond donors (Lipinski definition) is 1. The summed E-state index contributed by atoms with van der Waals surface area (Å²) in [5.41, 5.74) is -2.11. The van der Waals surface area contributed by atoms with Gasteiger partial charge in [0.15, 0.2) is 17.6 Å². The Kier molecular flexibility index (Phi) is 5.36. The van der Waals surface area contributed by atoms with Crippen molar-refractivity contribution in [1.29, 1.82) is 5.26 Å². The van der Waals surface area contributed by atoms with Crippen molar-refractivity contribution in [1.82, 2.24) is 5.32 Å². The van der Waals surface area contributed by atoms with Crippen molar-refractivity contribution < 1.29 is 13.5 Å². The summed E-state index contributed by atoms with van der Waals surface area (Å²) in [6, 6.07) is 6.97. The van der Waals surface area contributed by atoms with Crippen molar-refractivity contribution in [3.05, 3.63) is 29.3 Å². The van der Waals surface area contributed by atoms with Crippen molar-refractivity contribution >= 4 is 17.4 Å². The molecule has 3 aliphatic rings. The molecule has 2 bridgehead atoms. The first-order valence-electron chi connectivity index (χ1n) is 9.19. The molecule has 0 amide bonds. The van der Waals surface area contributed by atoms with Crippen LogP contribution in [0.25, 0.3) is 0 Å². The topological polar surface area (TPSA) is 57.4 Å². The molecule has 1 N–H and O–H groups in total. The quantitative estimate of drug-likeness (QED) is 0.317. The Hall–Kier alpha value is -1.87. The van der Waals surface area contributed by atoms with Gasteiger partial charge in [-0.05, 0) is 76.6 Å². The summed E-state index contributed by atoms with van der Waals surface area (Å²) in [5.74, 6) is 1.03. The minimum Gasteiger partial charge on any atom is -0.480 e. The second-order valence-electron chi connectivity index (χ2n) is 8.15. The van der Waals surface area contributed by atoms with Gasteiger partial charge in [-0.1, -0.05) is 11.6 Å². The summed E-state index contributed by atoms with van der Waals surface area (Å²) < 4.78 is 32.9. The first-order chi connectivity index (χ1) is 12.7. The van der Waals surface area contributed by atoms with Crippen LogP contribution in [0.4, 0.5) is 8.78 Å². The summed E-state index contributed by atoms with van der Waals surface area (Å²) in [6.07, 6.45) is 2.94. The van der Waals surface area contributed by atoms with Crippen molar-refractivity contribution in [3.8, 4) is 11.9 Å². The molecule has 1 aromatic carbocycles. The van der Waals surface area contributed by atoms with E-state index in [0.29, 0.717) is 55.1 Å². The van der Waals surface area contributed by atoms with Crippen LogP contribution in [0.5, 0.6) is 5.75 Å². The molecule has 0 saturated heterocycles. The van der Waals surface area contributed by atoms with Gasteiger partial charge in [0.05, 0.1) is 5.54 Å². The summed E-state index contributed by atoms with van der Waals surface area (Å²) >= 11 is 5.91. The third-order valence-corrected chi connectivity index (χ3v) is 6.26. The Labute approximate surface area is 163 Å². The molecule has 1 aromatic rings. The molecule has 0 unspecified atom stereocenters. The monoisotopic (exact) mass is 395 g/mol. The van der Waals surface area contributed by atoms with Crippen LogP contribution in [-0.4, -0.2) is 23.4 Å². The van der Waals surface area contributed by atoms with Gasteiger partial charge in [0, 0.05) is 10.4 Å². The molecule has 0 heterocycles. The summed E-state index contributed by atoms with van der Waals surface area (Å²) in [5, 5.41) is 12.5. The Balaban J connectivity index is 1.82. The molecule has 146 valence electrons. The molecule has 3 saturated carbocycles. The fourth-order valence-corrected chi connectivity index (χ4v) is 4.26. The van der Waals surface area contributed by atoms with E-state index in [9.17, 15) is 14.0 Å². The van der Waals surface area contributed by atoms with Crippen LogP contribution in [0.3, 0.4) is 0 Å². The highest BCUT2D eigenvalue weighted by molar-refractivity contribution is 6.30. The Bertz CT molecular complexity index is 731. The van der Waals surface area contributed by atoms with Crippen LogP contribution < -0.4 is 10.1 Å². The molecule has 3 aliphatic carbocycles. The summed E-state index contributed by atoms with van der Waals surface area (Å²) in [7, 11) is 0. The van der Waals surface area contributed by atoms with Crippen LogP contribution in [0.1, 0.15) is 52.4 Å². The van der Waals surface area contributed by atoms with Gasteiger partial charge < -0.3 is 4.74 Å². The number of nitriles is 1. The number of aliphatic imine (C=N–C) groups is 1. The SMILES string of the molecule is CC(C)(Oc1ccc(Cl)cc1)C(=NC12CCC(C(F)F)(CC1)CC2)NC#N. The van der Waals surface area contributed by atoms with E-state index in [2.05, 4.69) is 5.32 Å². The van der Waals surface area contributed by atoms with Crippen molar-refractivity contribution in [2.45, 2.75) is 69.9 Å². The molecule has 0 atom stereocenters. The van der Waals surface area contributed by atoms with Crippen LogP contribution >= 0.6 is 11.6 Å². The lowest BCUT2D eigenvalue weighted by Crippen LogP contribution is -2.52. The maximum atomic E-state index is 13.4. The number of hydrogen-bond acceptors (Lipinski definition) is 3. The standard InChI is InChI=1S/C20H24ClF2N3O/c1-18(2,27-15-5-3-14(21)4-6-15)17(25-13-24)26-20-10-7-19(8-11-20,9-12-20)16(22)23/h3-6,16H,7-12H2,1-2H3,(H,25,26). The molecule has 3 fully saturated rings. The fourth-order valence-electron chi connectivity index (χ4n) is 4.14. The lowest BCUT2D eigenvalue weighted by atomic mass is 9.57. The third kappa shape index (κ3) is 4.03. The summed E-state index contributed by atoms with van der Waals surface area (Å²) in [4.78, 5) is 4.88. The van der Waals surface area contributed by atoms with Gasteiger partial charge in [-0.25, -0.2) is 8.78 Å². The van der Waals surface area contributed by atoms with Gasteiger partial charge in [0.25, 0.3) is 0 Å². The maximum Gasteiger partial charge on any atom is 0.244 e. The molecule has 27 heavy (non-hydrogen) atoms. The lowest BCUT2D eigenvalue weighted by molar-refractivity contribution is -0.0815. The highest BCUT2D eigenvalue weighted by Gasteiger charge is 2.53. The molecular weight excluding hydrogens is 372 g/mol. The smallest absolute Gasteiger partial charge is 0.244 e. The third-order valence-electron chi connectivity index (χ3n) is 6.01. The van der Waals surface area contributed by atoms with E-state index < -0.39 is 23.0 Å². The molecular formula is C20H24ClF2N3O. The molecule has 0 aliphatic heterocycles. The molecule has 0 aromatic heterocycles. The second-order valence-corrected chi connectivity index (χ2v) is 8.59. The van der Waals surface area contributed by atoms with Gasteiger partial charge in [0.1, 0.15) is 5.75 Å². The van der Waals surface area contributed by atoms with E-state index in [4.69, 9.17) is 21.3 Å². The van der Waals surface area contributed by atoms with E-state index in [1.807, 2.05) is 20.0 Å². The van der Waals surface area contributed by atoms with Crippen LogP contribution in [-0.2, 0) is 0 Å². The van der Waals surface area contributed by atoms with Gasteiger partial charge in [-0.15, -0.1) is 0 Å². The lowest BCUT2D eigenvalue weighted by Gasteiger charge is -2.51. The Morgan fingerprint density at radius 3 is 2.22 bits per heavy atom. The number of ether oxygens (including phenoxy) is 1. The van der Waals surface area contributed by atoms with Crippen molar-refractivity contribution in [3.63, 3.8) is 0 Å². The predicted octanol–water partition coefficient (Wildman–Crippen LogP) is 5.32. The highest BCUT2D eigenvalue weighted by Crippen LogP contribution is 2.56. The predicted molar refractivity (Wildman–Crippen MR) is 101 cm³/mol. The van der Waals surface area contributed by atoms with Gasteiger partial charge in [0.2, 0.25) is 6.43 Å². The number of nitrogens with one attached hydrogen (secondary N) is 1. The van der Waals surface area contributed by atoms with Gasteiger partial charge >= 0.3 is 0 Å². The normalized spacial score (nSPS) is 28.1. The number of benzene rings is 1. The number of nitrogens with zero attached hydrogens (tertiary/aromatic N) is 2. The zero-order valence-corrected chi connectivity index (χ0v) is 16.3. The number of amidine groups is 1. The Morgan fingerprint density at radius 1 is 1.19 bits per heavy atom. The maximum absolute atomic E-state index is 13.4. The highest BCUT2D eigenvalue weighted by atomic mass is 35.5. The molecule has 0 spiro atoms. The minimum atomic E-state index is -2.28. The first-order valence-corrected chi connectivity index (χ1v) is 9.56. The largest absolute Gasteiger partial charge is 0.480 e. The number of rotatable bonds is 5. The number of alkyl halides is 2. The molecule has 4 rings (SSSR count). The van der Waals surface area contributed by atoms with Gasteiger partial charge in [-0.2, -0.15) is 5.26 Å². The number of halogens is 3. The van der Waals surface area contributed by atoms with E-state index in [0.717, 1.165) is 0 Å². The first kappa shape index (κ1) is 19.9. The fraction of sp³-hybridized carbons (Fsp3) is 0.600. The van der Waals surface area contributed by atoms with Crippen LogP contribution in [0.2, 0.25) is 5.02 Å². The van der Waals surface area contributed by atoms with Crippen LogP contribution in [0, 0.1) is 16.9 Å². The van der Waals surface area contributed by atoms with E-state index in [1.165, 1.54) is 0 Å². The van der Waals surface area contributed by atoms with E-state index >= 15 is 0 Å². The zero-order valence-electron chi connectivity index (χ0n) is 15.6. The van der Waals surface area contributed by atoms with Crippen molar-refractivity contribution in [2.75, 3.05) is 0 Å². The Morgan fingerprint density at radius 2 is 1.74 bits per heavy atom. The van der Waals surface area contributed by atoms with Gasteiger partial charge in [-0.3, -0.25) is 10.3 Å². The molecule has 7 heteroatoms.